The Labute approximate surface area is 175 Å². The average Bonchev–Trinajstić information content (AvgIpc) is 3.04. The Morgan fingerprint density at radius 1 is 1.54 bits per heavy atom. The lowest BCUT2D eigenvalue weighted by Gasteiger charge is -2.54. The molecule has 3 rings (SSSR count). The highest BCUT2D eigenvalue weighted by Gasteiger charge is 2.59. The fourth-order valence-corrected chi connectivity index (χ4v) is 6.36. The Balaban J connectivity index is 2.08. The van der Waals surface area contributed by atoms with Crippen LogP contribution in [0, 0.1) is 0 Å². The van der Waals surface area contributed by atoms with Crippen LogP contribution in [-0.4, -0.2) is 76.3 Å². The van der Waals surface area contributed by atoms with Crippen molar-refractivity contribution in [2.75, 3.05) is 12.9 Å². The average molecular weight is 445 g/mol. The molecule has 2 aliphatic heterocycles. The van der Waals surface area contributed by atoms with Crippen LogP contribution in [0.1, 0.15) is 20.3 Å². The van der Waals surface area contributed by atoms with Gasteiger partial charge in [-0.3, -0.25) is 9.69 Å². The van der Waals surface area contributed by atoms with Gasteiger partial charge in [0.25, 0.3) is 5.91 Å². The lowest BCUT2D eigenvalue weighted by atomic mass is 9.97. The van der Waals surface area contributed by atoms with Gasteiger partial charge in [-0.2, -0.15) is 0 Å². The molecule has 0 aliphatic carbocycles. The number of β-lactam (4-membered cyclic amide) rings is 1. The van der Waals surface area contributed by atoms with E-state index in [4.69, 9.17) is 17.0 Å². The predicted octanol–water partition coefficient (Wildman–Crippen LogP) is 0.614. The molecule has 0 aromatic carbocycles. The van der Waals surface area contributed by atoms with Gasteiger partial charge < -0.3 is 15.2 Å². The number of thioether (sulfide) groups is 2. The highest BCUT2D eigenvalue weighted by Crippen LogP contribution is 2.52. The van der Waals surface area contributed by atoms with Crippen LogP contribution in [0.4, 0.5) is 0 Å². The molecule has 0 saturated carbocycles. The first-order valence-corrected chi connectivity index (χ1v) is 10.7. The summed E-state index contributed by atoms with van der Waals surface area (Å²) in [5, 5.41) is 24.7. The Morgan fingerprint density at radius 2 is 2.25 bits per heavy atom. The molecular weight excluding hydrogens is 424 g/mol. The number of carbonyl (C=O) groups excluding carboxylic acids is 1. The van der Waals surface area contributed by atoms with E-state index in [1.165, 1.54) is 40.2 Å². The maximum absolute atomic E-state index is 12.5. The van der Waals surface area contributed by atoms with Crippen molar-refractivity contribution >= 4 is 52.6 Å². The minimum Gasteiger partial charge on any atom is -0.477 e. The number of thiocarbonyl (C=S) groups is 1. The van der Waals surface area contributed by atoms with E-state index >= 15 is 0 Å². The molecule has 28 heavy (non-hydrogen) atoms. The van der Waals surface area contributed by atoms with Crippen molar-refractivity contribution in [2.24, 2.45) is 7.05 Å². The number of tetrazole rings is 1. The summed E-state index contributed by atoms with van der Waals surface area (Å²) >= 11 is 8.03. The lowest BCUT2D eigenvalue weighted by molar-refractivity contribution is -0.162. The van der Waals surface area contributed by atoms with Gasteiger partial charge in [-0.25, -0.2) is 9.48 Å². The normalized spacial score (nSPS) is 26.7. The van der Waals surface area contributed by atoms with Crippen LogP contribution in [0.15, 0.2) is 16.4 Å². The molecule has 1 aromatic heterocycles. The van der Waals surface area contributed by atoms with Crippen LogP contribution in [-0.2, 0) is 21.4 Å². The standard InChI is InChI=1S/C15H20N6O4S3/c1-5-15(16-7(2)26)8(6-27-14-17-18-19-20(14)3)9(13(23)24)21-11(22)10(25-4)12(21)28-15/h10,12H,5-6H2,1-4H3,(H,16,26)(H,23,24)/t10-,12+,15?/m0/s1. The largest absolute Gasteiger partial charge is 0.477 e. The number of carboxylic acid groups (broad SMARTS) is 1. The molecule has 2 N–H and O–H groups in total. The van der Waals surface area contributed by atoms with Crippen LogP contribution in [0.5, 0.6) is 0 Å². The number of ether oxygens (including phenoxy) is 1. The number of aliphatic carboxylic acids is 1. The van der Waals surface area contributed by atoms with Crippen molar-refractivity contribution in [3.05, 3.63) is 11.3 Å². The van der Waals surface area contributed by atoms with E-state index in [0.717, 1.165) is 0 Å². The Bertz CT molecular complexity index is 859. The van der Waals surface area contributed by atoms with E-state index in [-0.39, 0.29) is 17.4 Å². The predicted molar refractivity (Wildman–Crippen MR) is 108 cm³/mol. The molecule has 0 radical (unpaired) electrons. The van der Waals surface area contributed by atoms with Gasteiger partial charge in [0.15, 0.2) is 6.10 Å². The number of amides is 1. The molecule has 1 aromatic rings. The number of aromatic nitrogens is 4. The molecule has 0 spiro atoms. The summed E-state index contributed by atoms with van der Waals surface area (Å²) in [5.41, 5.74) is 0.527. The first-order valence-electron chi connectivity index (χ1n) is 8.40. The molecule has 10 nitrogen and oxygen atoms in total. The van der Waals surface area contributed by atoms with E-state index in [1.54, 1.807) is 14.0 Å². The van der Waals surface area contributed by atoms with Crippen molar-refractivity contribution in [1.82, 2.24) is 30.4 Å². The van der Waals surface area contributed by atoms with Gasteiger partial charge in [0.2, 0.25) is 5.16 Å². The van der Waals surface area contributed by atoms with E-state index in [2.05, 4.69) is 20.8 Å². The van der Waals surface area contributed by atoms with Crippen molar-refractivity contribution < 1.29 is 19.4 Å². The summed E-state index contributed by atoms with van der Waals surface area (Å²) in [6.45, 7) is 3.70. The minimum atomic E-state index is -1.17. The molecule has 2 aliphatic rings. The first kappa shape index (κ1) is 21.0. The molecule has 1 saturated heterocycles. The summed E-state index contributed by atoms with van der Waals surface area (Å²) in [4.78, 5) is 25.8. The van der Waals surface area contributed by atoms with Gasteiger partial charge in [0.05, 0.1) is 4.99 Å². The highest BCUT2D eigenvalue weighted by atomic mass is 32.2. The Hall–Kier alpha value is -1.70. The number of nitrogens with zero attached hydrogens (tertiary/aromatic N) is 5. The van der Waals surface area contributed by atoms with Gasteiger partial charge in [0, 0.05) is 25.5 Å². The molecule has 3 heterocycles. The molecule has 1 fully saturated rings. The topological polar surface area (TPSA) is 122 Å². The first-order chi connectivity index (χ1) is 13.3. The number of hydrogen-bond acceptors (Lipinski definition) is 9. The van der Waals surface area contributed by atoms with Gasteiger partial charge in [-0.05, 0) is 23.8 Å². The minimum absolute atomic E-state index is 0.0322. The van der Waals surface area contributed by atoms with Gasteiger partial charge in [-0.1, -0.05) is 30.9 Å². The number of rotatable bonds is 7. The van der Waals surface area contributed by atoms with E-state index in [1.807, 2.05) is 6.92 Å². The zero-order chi connectivity index (χ0) is 20.6. The Kier molecular flexibility index (Phi) is 5.98. The van der Waals surface area contributed by atoms with Gasteiger partial charge in [0.1, 0.15) is 15.9 Å². The smallest absolute Gasteiger partial charge is 0.352 e. The number of carbonyl (C=O) groups is 2. The number of aryl methyl sites for hydroxylation is 1. The molecule has 0 bridgehead atoms. The van der Waals surface area contributed by atoms with E-state index in [9.17, 15) is 14.7 Å². The molecule has 1 amide bonds. The number of hydrogen-bond donors (Lipinski definition) is 2. The zero-order valence-electron chi connectivity index (χ0n) is 15.7. The molecule has 3 atom stereocenters. The third-order valence-corrected chi connectivity index (χ3v) is 7.47. The summed E-state index contributed by atoms with van der Waals surface area (Å²) in [6, 6.07) is 0. The molecule has 1 unspecified atom stereocenters. The SMILES string of the molecule is CCC1(NC(C)=S)S[C@@H]2[C@@H](OC)C(=O)N2C(C(=O)O)=C1CSc1nnnn1C. The van der Waals surface area contributed by atoms with Crippen LogP contribution >= 0.6 is 35.7 Å². The maximum atomic E-state index is 12.5. The van der Waals surface area contributed by atoms with Gasteiger partial charge in [-0.15, -0.1) is 16.9 Å². The van der Waals surface area contributed by atoms with Crippen LogP contribution < -0.4 is 5.32 Å². The number of methoxy groups -OCH3 is 1. The third-order valence-electron chi connectivity index (χ3n) is 4.59. The maximum Gasteiger partial charge on any atom is 0.352 e. The quantitative estimate of drug-likeness (QED) is 0.349. The van der Waals surface area contributed by atoms with Crippen molar-refractivity contribution in [3.8, 4) is 0 Å². The van der Waals surface area contributed by atoms with Crippen molar-refractivity contribution in [3.63, 3.8) is 0 Å². The fraction of sp³-hybridized carbons (Fsp3) is 0.600. The number of nitrogens with one attached hydrogen (secondary N) is 1. The number of carboxylic acids is 1. The summed E-state index contributed by atoms with van der Waals surface area (Å²) in [6.07, 6.45) is -0.126. The van der Waals surface area contributed by atoms with E-state index < -0.39 is 22.3 Å². The molecule has 152 valence electrons. The monoisotopic (exact) mass is 444 g/mol. The summed E-state index contributed by atoms with van der Waals surface area (Å²) in [5.74, 6) is -1.24. The van der Waals surface area contributed by atoms with E-state index in [0.29, 0.717) is 22.1 Å². The van der Waals surface area contributed by atoms with Gasteiger partial charge >= 0.3 is 5.97 Å². The van der Waals surface area contributed by atoms with Crippen molar-refractivity contribution in [2.45, 2.75) is 41.8 Å². The summed E-state index contributed by atoms with van der Waals surface area (Å²) in [7, 11) is 3.15. The lowest BCUT2D eigenvalue weighted by Crippen LogP contribution is -2.69. The van der Waals surface area contributed by atoms with Crippen molar-refractivity contribution in [1.29, 1.82) is 0 Å². The number of fused-ring (bicyclic) bond motifs is 1. The second-order valence-corrected chi connectivity index (χ2v) is 9.21. The second-order valence-electron chi connectivity index (χ2n) is 6.24. The second kappa shape index (κ2) is 7.97. The highest BCUT2D eigenvalue weighted by molar-refractivity contribution is 8.02. The zero-order valence-corrected chi connectivity index (χ0v) is 18.2. The third kappa shape index (κ3) is 3.40. The van der Waals surface area contributed by atoms with Crippen LogP contribution in [0.3, 0.4) is 0 Å². The molecular formula is C15H20N6O4S3. The Morgan fingerprint density at radius 3 is 2.75 bits per heavy atom. The summed E-state index contributed by atoms with van der Waals surface area (Å²) < 4.78 is 6.79. The molecule has 13 heteroatoms. The fourth-order valence-electron chi connectivity index (χ4n) is 3.29. The van der Waals surface area contributed by atoms with Crippen LogP contribution in [0.25, 0.3) is 0 Å². The van der Waals surface area contributed by atoms with Crippen LogP contribution in [0.2, 0.25) is 0 Å².